The van der Waals surface area contributed by atoms with Crippen LogP contribution in [-0.2, 0) is 11.2 Å². The summed E-state index contributed by atoms with van der Waals surface area (Å²) in [5.74, 6) is 0.761. The maximum Gasteiger partial charge on any atom is 0.231 e. The summed E-state index contributed by atoms with van der Waals surface area (Å²) < 4.78 is 0. The van der Waals surface area contributed by atoms with Gasteiger partial charge in [-0.2, -0.15) is 0 Å². The second kappa shape index (κ2) is 3.33. The maximum absolute atomic E-state index is 11.6. The molecule has 17 heavy (non-hydrogen) atoms. The normalized spacial score (nSPS) is 25.7. The minimum atomic E-state index is 0.183. The van der Waals surface area contributed by atoms with Gasteiger partial charge in [0.05, 0.1) is 6.42 Å². The van der Waals surface area contributed by atoms with Crippen LogP contribution in [-0.4, -0.2) is 25.0 Å². The zero-order valence-corrected chi connectivity index (χ0v) is 10.6. The Morgan fingerprint density at radius 3 is 2.76 bits per heavy atom. The van der Waals surface area contributed by atoms with Crippen LogP contribution < -0.4 is 10.2 Å². The van der Waals surface area contributed by atoms with Crippen molar-refractivity contribution in [2.24, 2.45) is 0 Å². The molecule has 0 aromatic heterocycles. The van der Waals surface area contributed by atoms with E-state index in [1.807, 2.05) is 7.05 Å². The molecule has 1 saturated heterocycles. The minimum Gasteiger partial charge on any atom is -0.315 e. The van der Waals surface area contributed by atoms with Crippen LogP contribution in [0.25, 0.3) is 0 Å². The minimum absolute atomic E-state index is 0.183. The fraction of sp³-hybridized carbons (Fsp3) is 0.500. The van der Waals surface area contributed by atoms with E-state index >= 15 is 0 Å². The third kappa shape index (κ3) is 1.49. The van der Waals surface area contributed by atoms with Crippen LogP contribution in [0.15, 0.2) is 18.2 Å². The first-order valence-electron chi connectivity index (χ1n) is 6.13. The average molecular weight is 230 g/mol. The standard InChI is InChI=1S/C14H18N2O/c1-14(2)11(8-15-14)9-4-5-12-10(6-9)7-13(17)16(12)3/h4-6,11,15H,7-8H2,1-3H3. The molecule has 3 heteroatoms. The molecule has 3 rings (SSSR count). The second-order valence-electron chi connectivity index (χ2n) is 5.67. The Balaban J connectivity index is 1.96. The number of carbonyl (C=O) groups excluding carboxylic acids is 1. The number of likely N-dealkylation sites (N-methyl/N-ethyl adjacent to an activating group) is 1. The van der Waals surface area contributed by atoms with Gasteiger partial charge in [0.2, 0.25) is 5.91 Å². The van der Waals surface area contributed by atoms with Gasteiger partial charge in [-0.1, -0.05) is 12.1 Å². The van der Waals surface area contributed by atoms with E-state index in [2.05, 4.69) is 37.4 Å². The fourth-order valence-electron chi connectivity index (χ4n) is 2.85. The van der Waals surface area contributed by atoms with E-state index in [0.29, 0.717) is 12.3 Å². The summed E-state index contributed by atoms with van der Waals surface area (Å²) in [5.41, 5.74) is 3.79. The first kappa shape index (κ1) is 10.8. The van der Waals surface area contributed by atoms with Gasteiger partial charge in [0.25, 0.3) is 0 Å². The van der Waals surface area contributed by atoms with Crippen molar-refractivity contribution < 1.29 is 4.79 Å². The van der Waals surface area contributed by atoms with E-state index in [4.69, 9.17) is 0 Å². The lowest BCUT2D eigenvalue weighted by molar-refractivity contribution is -0.117. The molecule has 90 valence electrons. The van der Waals surface area contributed by atoms with Crippen LogP contribution >= 0.6 is 0 Å². The summed E-state index contributed by atoms with van der Waals surface area (Å²) >= 11 is 0. The second-order valence-corrected chi connectivity index (χ2v) is 5.67. The van der Waals surface area contributed by atoms with Gasteiger partial charge >= 0.3 is 0 Å². The van der Waals surface area contributed by atoms with Gasteiger partial charge in [-0.3, -0.25) is 4.79 Å². The largest absolute Gasteiger partial charge is 0.315 e. The first-order valence-corrected chi connectivity index (χ1v) is 6.13. The lowest BCUT2D eigenvalue weighted by Crippen LogP contribution is -2.59. The lowest BCUT2D eigenvalue weighted by Gasteiger charge is -2.46. The van der Waals surface area contributed by atoms with E-state index in [-0.39, 0.29) is 11.4 Å². The van der Waals surface area contributed by atoms with E-state index in [9.17, 15) is 4.79 Å². The quantitative estimate of drug-likeness (QED) is 0.796. The number of carbonyl (C=O) groups is 1. The Labute approximate surface area is 102 Å². The van der Waals surface area contributed by atoms with Crippen molar-refractivity contribution in [3.63, 3.8) is 0 Å². The zero-order valence-electron chi connectivity index (χ0n) is 10.6. The molecule has 2 aliphatic rings. The van der Waals surface area contributed by atoms with E-state index in [1.165, 1.54) is 11.1 Å². The number of hydrogen-bond donors (Lipinski definition) is 1. The lowest BCUT2D eigenvalue weighted by atomic mass is 9.75. The Morgan fingerprint density at radius 1 is 1.41 bits per heavy atom. The number of hydrogen-bond acceptors (Lipinski definition) is 2. The van der Waals surface area contributed by atoms with Crippen molar-refractivity contribution in [2.75, 3.05) is 18.5 Å². The summed E-state index contributed by atoms with van der Waals surface area (Å²) in [5, 5.41) is 3.44. The van der Waals surface area contributed by atoms with Gasteiger partial charge in [0.1, 0.15) is 0 Å². The predicted molar refractivity (Wildman–Crippen MR) is 68.4 cm³/mol. The average Bonchev–Trinajstić information content (AvgIpc) is 2.53. The molecule has 0 radical (unpaired) electrons. The Kier molecular flexibility index (Phi) is 2.11. The topological polar surface area (TPSA) is 32.3 Å². The summed E-state index contributed by atoms with van der Waals surface area (Å²) in [6.45, 7) is 5.49. The molecule has 0 saturated carbocycles. The molecule has 1 fully saturated rings. The highest BCUT2D eigenvalue weighted by molar-refractivity contribution is 6.00. The van der Waals surface area contributed by atoms with Gasteiger partial charge in [-0.15, -0.1) is 0 Å². The van der Waals surface area contributed by atoms with Gasteiger partial charge in [0.15, 0.2) is 0 Å². The molecular formula is C14H18N2O. The van der Waals surface area contributed by atoms with Crippen LogP contribution in [0.1, 0.15) is 30.9 Å². The van der Waals surface area contributed by atoms with Gasteiger partial charge in [-0.25, -0.2) is 0 Å². The summed E-state index contributed by atoms with van der Waals surface area (Å²) in [4.78, 5) is 13.4. The molecule has 1 N–H and O–H groups in total. The molecule has 1 unspecified atom stereocenters. The van der Waals surface area contributed by atoms with Crippen LogP contribution in [0.5, 0.6) is 0 Å². The molecule has 1 aromatic rings. The van der Waals surface area contributed by atoms with Crippen LogP contribution in [0, 0.1) is 0 Å². The van der Waals surface area contributed by atoms with Crippen molar-refractivity contribution in [3.05, 3.63) is 29.3 Å². The molecule has 1 amide bonds. The Morgan fingerprint density at radius 2 is 2.18 bits per heavy atom. The molecule has 0 aliphatic carbocycles. The molecule has 0 bridgehead atoms. The molecular weight excluding hydrogens is 212 g/mol. The molecule has 2 aliphatic heterocycles. The molecule has 3 nitrogen and oxygen atoms in total. The number of benzene rings is 1. The fourth-order valence-corrected chi connectivity index (χ4v) is 2.85. The van der Waals surface area contributed by atoms with Crippen molar-refractivity contribution in [3.8, 4) is 0 Å². The number of anilines is 1. The highest BCUT2D eigenvalue weighted by atomic mass is 16.2. The Hall–Kier alpha value is -1.35. The van der Waals surface area contributed by atoms with Crippen LogP contribution in [0.4, 0.5) is 5.69 Å². The van der Waals surface area contributed by atoms with Crippen LogP contribution in [0.2, 0.25) is 0 Å². The highest BCUT2D eigenvalue weighted by Gasteiger charge is 2.39. The van der Waals surface area contributed by atoms with Gasteiger partial charge < -0.3 is 10.2 Å². The van der Waals surface area contributed by atoms with Gasteiger partial charge in [-0.05, 0) is 31.0 Å². The third-order valence-electron chi connectivity index (χ3n) is 4.22. The summed E-state index contributed by atoms with van der Waals surface area (Å²) in [6.07, 6.45) is 0.556. The monoisotopic (exact) mass is 230 g/mol. The SMILES string of the molecule is CN1C(=O)Cc2cc(C3CNC3(C)C)ccc21. The molecule has 0 spiro atoms. The van der Waals surface area contributed by atoms with Crippen molar-refractivity contribution in [1.82, 2.24) is 5.32 Å². The van der Waals surface area contributed by atoms with Gasteiger partial charge in [0, 0.05) is 30.7 Å². The third-order valence-corrected chi connectivity index (χ3v) is 4.22. The summed E-state index contributed by atoms with van der Waals surface area (Å²) in [6, 6.07) is 6.47. The number of fused-ring (bicyclic) bond motifs is 1. The van der Waals surface area contributed by atoms with E-state index in [0.717, 1.165) is 12.2 Å². The van der Waals surface area contributed by atoms with Crippen LogP contribution in [0.3, 0.4) is 0 Å². The predicted octanol–water partition coefficient (Wildman–Crippen LogP) is 1.67. The van der Waals surface area contributed by atoms with E-state index in [1.54, 1.807) is 4.90 Å². The maximum atomic E-state index is 11.6. The van der Waals surface area contributed by atoms with Crippen molar-refractivity contribution >= 4 is 11.6 Å². The number of amides is 1. The Bertz CT molecular complexity index is 493. The zero-order chi connectivity index (χ0) is 12.2. The van der Waals surface area contributed by atoms with E-state index < -0.39 is 0 Å². The molecule has 1 aromatic carbocycles. The first-order chi connectivity index (χ1) is 7.99. The number of nitrogens with one attached hydrogen (secondary N) is 1. The molecule has 1 atom stereocenters. The summed E-state index contributed by atoms with van der Waals surface area (Å²) in [7, 11) is 1.85. The smallest absolute Gasteiger partial charge is 0.231 e. The van der Waals surface area contributed by atoms with Crippen molar-refractivity contribution in [1.29, 1.82) is 0 Å². The molecule has 2 heterocycles. The van der Waals surface area contributed by atoms with Crippen molar-refractivity contribution in [2.45, 2.75) is 31.7 Å². The highest BCUT2D eigenvalue weighted by Crippen LogP contribution is 2.38. The number of rotatable bonds is 1. The number of nitrogens with zero attached hydrogens (tertiary/aromatic N) is 1.